The molecule has 2 heterocycles. The fraction of sp³-hybridized carbons (Fsp3) is 0.438. The quantitative estimate of drug-likeness (QED) is 0.602. The van der Waals surface area contributed by atoms with E-state index in [1.54, 1.807) is 13.3 Å². The van der Waals surface area contributed by atoms with E-state index in [2.05, 4.69) is 38.0 Å². The van der Waals surface area contributed by atoms with Crippen molar-refractivity contribution >= 4 is 21.5 Å². The van der Waals surface area contributed by atoms with E-state index >= 15 is 0 Å². The first-order chi connectivity index (χ1) is 10.2. The van der Waals surface area contributed by atoms with Crippen LogP contribution in [0, 0.1) is 0 Å². The normalized spacial score (nSPS) is 18.3. The lowest BCUT2D eigenvalue weighted by atomic mass is 10.1. The van der Waals surface area contributed by atoms with Crippen molar-refractivity contribution < 1.29 is 9.47 Å². The third-order valence-corrected chi connectivity index (χ3v) is 4.26. The standard InChI is InChI=1S/C16H21BrN2O2/c1-13(20-2)16(17)10-15(14-4-3-5-18-11-14)12-19-6-8-21-9-7-19/h3-5,10-11H,6-9,12H2,1-2H3/b15-10-,16-13-. The smallest absolute Gasteiger partial charge is 0.107 e. The molecule has 21 heavy (non-hydrogen) atoms. The summed E-state index contributed by atoms with van der Waals surface area (Å²) in [5, 5.41) is 0. The summed E-state index contributed by atoms with van der Waals surface area (Å²) < 4.78 is 11.6. The van der Waals surface area contributed by atoms with Crippen molar-refractivity contribution in [3.05, 3.63) is 46.4 Å². The van der Waals surface area contributed by atoms with Crippen LogP contribution < -0.4 is 0 Å². The van der Waals surface area contributed by atoms with Gasteiger partial charge in [0.05, 0.1) is 24.8 Å². The molecule has 0 radical (unpaired) electrons. The lowest BCUT2D eigenvalue weighted by molar-refractivity contribution is 0.0444. The minimum absolute atomic E-state index is 0.800. The summed E-state index contributed by atoms with van der Waals surface area (Å²) in [7, 11) is 1.68. The van der Waals surface area contributed by atoms with Gasteiger partial charge in [-0.2, -0.15) is 0 Å². The lowest BCUT2D eigenvalue weighted by Gasteiger charge is -2.27. The monoisotopic (exact) mass is 352 g/mol. The molecule has 0 aliphatic carbocycles. The van der Waals surface area contributed by atoms with Crippen LogP contribution in [-0.4, -0.2) is 49.8 Å². The van der Waals surface area contributed by atoms with Crippen LogP contribution in [0.1, 0.15) is 12.5 Å². The van der Waals surface area contributed by atoms with Crippen LogP contribution in [0.15, 0.2) is 40.8 Å². The molecule has 0 amide bonds. The first-order valence-corrected chi connectivity index (χ1v) is 7.81. The van der Waals surface area contributed by atoms with Gasteiger partial charge in [-0.05, 0) is 46.1 Å². The van der Waals surface area contributed by atoms with E-state index in [1.807, 2.05) is 19.2 Å². The molecule has 5 heteroatoms. The van der Waals surface area contributed by atoms with E-state index in [0.29, 0.717) is 0 Å². The second kappa shape index (κ2) is 8.32. The molecule has 1 saturated heterocycles. The minimum atomic E-state index is 0.800. The minimum Gasteiger partial charge on any atom is -0.500 e. The Morgan fingerprint density at radius 2 is 2.24 bits per heavy atom. The van der Waals surface area contributed by atoms with Gasteiger partial charge in [0.25, 0.3) is 0 Å². The van der Waals surface area contributed by atoms with Crippen molar-refractivity contribution in [2.75, 3.05) is 40.0 Å². The van der Waals surface area contributed by atoms with Crippen LogP contribution in [0.4, 0.5) is 0 Å². The van der Waals surface area contributed by atoms with Crippen LogP contribution in [0.2, 0.25) is 0 Å². The van der Waals surface area contributed by atoms with Crippen LogP contribution in [0.3, 0.4) is 0 Å². The summed E-state index contributed by atoms with van der Waals surface area (Å²) in [4.78, 5) is 6.62. The first-order valence-electron chi connectivity index (χ1n) is 7.02. The number of aromatic nitrogens is 1. The highest BCUT2D eigenvalue weighted by Gasteiger charge is 2.14. The molecule has 2 rings (SSSR count). The van der Waals surface area contributed by atoms with Crippen molar-refractivity contribution in [2.24, 2.45) is 0 Å². The number of hydrogen-bond donors (Lipinski definition) is 0. The summed E-state index contributed by atoms with van der Waals surface area (Å²) >= 11 is 3.58. The Morgan fingerprint density at radius 1 is 1.48 bits per heavy atom. The largest absolute Gasteiger partial charge is 0.500 e. The molecule has 1 aliphatic heterocycles. The molecule has 0 spiro atoms. The highest BCUT2D eigenvalue weighted by molar-refractivity contribution is 9.11. The molecule has 0 unspecified atom stereocenters. The van der Waals surface area contributed by atoms with Crippen molar-refractivity contribution in [3.63, 3.8) is 0 Å². The molecule has 0 atom stereocenters. The number of methoxy groups -OCH3 is 1. The Hall–Kier alpha value is -1.17. The zero-order valence-corrected chi connectivity index (χ0v) is 14.1. The van der Waals surface area contributed by atoms with E-state index < -0.39 is 0 Å². The Morgan fingerprint density at radius 3 is 2.86 bits per heavy atom. The summed E-state index contributed by atoms with van der Waals surface area (Å²) in [5.74, 6) is 0.860. The third kappa shape index (κ3) is 4.95. The van der Waals surface area contributed by atoms with Crippen molar-refractivity contribution in [1.29, 1.82) is 0 Å². The Kier molecular flexibility index (Phi) is 6.42. The fourth-order valence-corrected chi connectivity index (χ4v) is 2.56. The van der Waals surface area contributed by atoms with E-state index in [1.165, 1.54) is 5.57 Å². The third-order valence-electron chi connectivity index (χ3n) is 3.47. The van der Waals surface area contributed by atoms with Crippen LogP contribution in [-0.2, 0) is 9.47 Å². The number of nitrogens with zero attached hydrogens (tertiary/aromatic N) is 2. The predicted octanol–water partition coefficient (Wildman–Crippen LogP) is 3.07. The number of ether oxygens (including phenoxy) is 2. The second-order valence-electron chi connectivity index (χ2n) is 4.91. The van der Waals surface area contributed by atoms with Gasteiger partial charge in [0.2, 0.25) is 0 Å². The molecule has 1 aliphatic rings. The molecule has 1 fully saturated rings. The SMILES string of the molecule is CO/C(C)=C(Br)/C=C(/CN1CCOCC1)c1cccnc1. The zero-order chi connectivity index (χ0) is 15.1. The van der Waals surface area contributed by atoms with Gasteiger partial charge in [-0.15, -0.1) is 0 Å². The van der Waals surface area contributed by atoms with Gasteiger partial charge in [-0.25, -0.2) is 0 Å². The van der Waals surface area contributed by atoms with E-state index in [-0.39, 0.29) is 0 Å². The number of allylic oxidation sites excluding steroid dienone is 3. The van der Waals surface area contributed by atoms with Crippen LogP contribution in [0.25, 0.3) is 5.57 Å². The molecule has 1 aromatic rings. The molecule has 0 saturated carbocycles. The van der Waals surface area contributed by atoms with Crippen molar-refractivity contribution in [2.45, 2.75) is 6.92 Å². The molecule has 1 aromatic heterocycles. The summed E-state index contributed by atoms with van der Waals surface area (Å²) in [6.45, 7) is 6.34. The van der Waals surface area contributed by atoms with Gasteiger partial charge in [0.1, 0.15) is 5.76 Å². The second-order valence-corrected chi connectivity index (χ2v) is 5.76. The molecule has 0 bridgehead atoms. The first kappa shape index (κ1) is 16.2. The average molecular weight is 353 g/mol. The zero-order valence-electron chi connectivity index (χ0n) is 12.5. The predicted molar refractivity (Wildman–Crippen MR) is 88.1 cm³/mol. The topological polar surface area (TPSA) is 34.6 Å². The average Bonchev–Trinajstić information content (AvgIpc) is 2.55. The summed E-state index contributed by atoms with van der Waals surface area (Å²) in [5.41, 5.74) is 2.35. The van der Waals surface area contributed by atoms with Gasteiger partial charge >= 0.3 is 0 Å². The van der Waals surface area contributed by atoms with Crippen molar-refractivity contribution in [3.8, 4) is 0 Å². The molecule has 0 aromatic carbocycles. The van der Waals surface area contributed by atoms with Gasteiger partial charge in [0.15, 0.2) is 0 Å². The lowest BCUT2D eigenvalue weighted by Crippen LogP contribution is -2.37. The Labute approximate surface area is 134 Å². The fourth-order valence-electron chi connectivity index (χ4n) is 2.13. The van der Waals surface area contributed by atoms with Gasteiger partial charge in [0, 0.05) is 32.0 Å². The molecular formula is C16H21BrN2O2. The number of rotatable bonds is 5. The van der Waals surface area contributed by atoms with E-state index in [9.17, 15) is 0 Å². The summed E-state index contributed by atoms with van der Waals surface area (Å²) in [6, 6.07) is 4.05. The van der Waals surface area contributed by atoms with Gasteiger partial charge in [-0.1, -0.05) is 6.07 Å². The highest BCUT2D eigenvalue weighted by Crippen LogP contribution is 2.22. The van der Waals surface area contributed by atoms with Crippen molar-refractivity contribution in [1.82, 2.24) is 9.88 Å². The number of halogens is 1. The Bertz CT molecular complexity index is 508. The van der Waals surface area contributed by atoms with E-state index in [4.69, 9.17) is 9.47 Å². The van der Waals surface area contributed by atoms with E-state index in [0.717, 1.165) is 48.7 Å². The maximum Gasteiger partial charge on any atom is 0.107 e. The molecular weight excluding hydrogens is 332 g/mol. The summed E-state index contributed by atoms with van der Waals surface area (Å²) in [6.07, 6.45) is 5.81. The molecule has 114 valence electrons. The maximum atomic E-state index is 5.41. The Balaban J connectivity index is 2.24. The molecule has 0 N–H and O–H groups in total. The molecule has 4 nitrogen and oxygen atoms in total. The number of hydrogen-bond acceptors (Lipinski definition) is 4. The van der Waals surface area contributed by atoms with Gasteiger partial charge < -0.3 is 9.47 Å². The van der Waals surface area contributed by atoms with Crippen LogP contribution in [0.5, 0.6) is 0 Å². The number of pyridine rings is 1. The highest BCUT2D eigenvalue weighted by atomic mass is 79.9. The van der Waals surface area contributed by atoms with Gasteiger partial charge in [-0.3, -0.25) is 9.88 Å². The number of morpholine rings is 1. The van der Waals surface area contributed by atoms with Crippen LogP contribution >= 0.6 is 15.9 Å². The maximum absolute atomic E-state index is 5.41.